The maximum Gasteiger partial charge on any atom is 0.390 e. The summed E-state index contributed by atoms with van der Waals surface area (Å²) in [6.07, 6.45) is -3.87. The Morgan fingerprint density at radius 2 is 1.83 bits per heavy atom. The number of alkyl halides is 3. The zero-order chi connectivity index (χ0) is 14.0. The van der Waals surface area contributed by atoms with Crippen LogP contribution < -0.4 is 5.32 Å². The van der Waals surface area contributed by atoms with E-state index in [-0.39, 0.29) is 24.0 Å². The van der Waals surface area contributed by atoms with Gasteiger partial charge < -0.3 is 5.32 Å². The lowest BCUT2D eigenvalue weighted by Crippen LogP contribution is -2.60. The Kier molecular flexibility index (Phi) is 5.06. The van der Waals surface area contributed by atoms with Crippen molar-refractivity contribution in [1.82, 2.24) is 10.2 Å². The highest BCUT2D eigenvalue weighted by Crippen LogP contribution is 2.26. The van der Waals surface area contributed by atoms with E-state index in [2.05, 4.69) is 26.1 Å². The van der Waals surface area contributed by atoms with Crippen LogP contribution in [0.1, 0.15) is 40.5 Å². The quantitative estimate of drug-likeness (QED) is 0.844. The number of nitrogens with one attached hydrogen (secondary N) is 1. The minimum Gasteiger partial charge on any atom is -0.311 e. The molecule has 108 valence electrons. The van der Waals surface area contributed by atoms with E-state index in [9.17, 15) is 13.2 Å². The van der Waals surface area contributed by atoms with Gasteiger partial charge in [-0.1, -0.05) is 27.7 Å². The first kappa shape index (κ1) is 15.8. The molecule has 0 aromatic carbocycles. The van der Waals surface area contributed by atoms with Crippen LogP contribution in [-0.2, 0) is 0 Å². The van der Waals surface area contributed by atoms with Gasteiger partial charge in [0, 0.05) is 31.7 Å². The lowest BCUT2D eigenvalue weighted by Gasteiger charge is -2.45. The molecule has 1 rings (SSSR count). The monoisotopic (exact) mass is 266 g/mol. The Balaban J connectivity index is 2.59. The van der Waals surface area contributed by atoms with Crippen molar-refractivity contribution in [1.29, 1.82) is 0 Å². The highest BCUT2D eigenvalue weighted by Gasteiger charge is 2.35. The second-order valence-electron chi connectivity index (χ2n) is 6.25. The predicted octanol–water partition coefficient (Wildman–Crippen LogP) is 3.04. The van der Waals surface area contributed by atoms with Crippen molar-refractivity contribution >= 4 is 0 Å². The Hall–Kier alpha value is -0.290. The molecule has 0 spiro atoms. The summed E-state index contributed by atoms with van der Waals surface area (Å²) in [4.78, 5) is 2.00. The standard InChI is InChI=1S/C13H25F3N2/c1-5-10-8-17-11(12(2,3)4)9-18(10)7-6-13(14,15)16/h10-11,17H,5-9H2,1-4H3. The molecule has 2 unspecified atom stereocenters. The summed E-state index contributed by atoms with van der Waals surface area (Å²) in [5, 5.41) is 3.46. The third-order valence-corrected chi connectivity index (χ3v) is 3.73. The summed E-state index contributed by atoms with van der Waals surface area (Å²) >= 11 is 0. The van der Waals surface area contributed by atoms with Crippen molar-refractivity contribution in [2.45, 2.75) is 58.8 Å². The molecule has 0 aliphatic carbocycles. The van der Waals surface area contributed by atoms with E-state index in [4.69, 9.17) is 0 Å². The van der Waals surface area contributed by atoms with Gasteiger partial charge in [0.2, 0.25) is 0 Å². The molecule has 0 bridgehead atoms. The zero-order valence-corrected chi connectivity index (χ0v) is 11.8. The van der Waals surface area contributed by atoms with Crippen LogP contribution in [0.5, 0.6) is 0 Å². The van der Waals surface area contributed by atoms with Crippen molar-refractivity contribution < 1.29 is 13.2 Å². The van der Waals surface area contributed by atoms with E-state index in [0.717, 1.165) is 13.0 Å². The number of halogens is 3. The van der Waals surface area contributed by atoms with E-state index >= 15 is 0 Å². The van der Waals surface area contributed by atoms with Gasteiger partial charge in [0.1, 0.15) is 0 Å². The molecule has 2 nitrogen and oxygen atoms in total. The summed E-state index contributed by atoms with van der Waals surface area (Å²) in [5.74, 6) is 0. The third kappa shape index (κ3) is 4.76. The Morgan fingerprint density at radius 1 is 1.22 bits per heavy atom. The molecule has 0 aromatic heterocycles. The molecule has 1 aliphatic heterocycles. The third-order valence-electron chi connectivity index (χ3n) is 3.73. The predicted molar refractivity (Wildman–Crippen MR) is 67.6 cm³/mol. The van der Waals surface area contributed by atoms with Crippen molar-refractivity contribution in [3.05, 3.63) is 0 Å². The van der Waals surface area contributed by atoms with E-state index in [0.29, 0.717) is 6.54 Å². The average molecular weight is 266 g/mol. The van der Waals surface area contributed by atoms with Gasteiger partial charge in [-0.25, -0.2) is 0 Å². The van der Waals surface area contributed by atoms with Gasteiger partial charge in [-0.05, 0) is 11.8 Å². The average Bonchev–Trinajstić information content (AvgIpc) is 2.23. The fourth-order valence-corrected chi connectivity index (χ4v) is 2.38. The van der Waals surface area contributed by atoms with Crippen LogP contribution in [0.25, 0.3) is 0 Å². The summed E-state index contributed by atoms with van der Waals surface area (Å²) in [7, 11) is 0. The second kappa shape index (κ2) is 5.78. The first-order valence-electron chi connectivity index (χ1n) is 6.67. The normalized spacial score (nSPS) is 27.5. The fraction of sp³-hybridized carbons (Fsp3) is 1.00. The van der Waals surface area contributed by atoms with Crippen LogP contribution in [0.4, 0.5) is 13.2 Å². The first-order valence-corrected chi connectivity index (χ1v) is 6.67. The number of hydrogen-bond donors (Lipinski definition) is 1. The maximum atomic E-state index is 12.3. The summed E-state index contributed by atoms with van der Waals surface area (Å²) < 4.78 is 37.0. The molecule has 1 aliphatic rings. The molecule has 0 saturated carbocycles. The molecule has 1 saturated heterocycles. The van der Waals surface area contributed by atoms with Crippen LogP contribution >= 0.6 is 0 Å². The van der Waals surface area contributed by atoms with Crippen LogP contribution in [0.15, 0.2) is 0 Å². The Morgan fingerprint density at radius 3 is 2.28 bits per heavy atom. The summed E-state index contributed by atoms with van der Waals surface area (Å²) in [5.41, 5.74) is 0.0786. The zero-order valence-electron chi connectivity index (χ0n) is 11.8. The fourth-order valence-electron chi connectivity index (χ4n) is 2.38. The molecular weight excluding hydrogens is 241 g/mol. The minimum atomic E-state index is -4.06. The minimum absolute atomic E-state index is 0.0786. The van der Waals surface area contributed by atoms with Gasteiger partial charge in [0.15, 0.2) is 0 Å². The number of rotatable bonds is 3. The largest absolute Gasteiger partial charge is 0.390 e. The van der Waals surface area contributed by atoms with Crippen LogP contribution in [0.3, 0.4) is 0 Å². The summed E-state index contributed by atoms with van der Waals surface area (Å²) in [6, 6.07) is 0.486. The number of hydrogen-bond acceptors (Lipinski definition) is 2. The van der Waals surface area contributed by atoms with Gasteiger partial charge in [-0.15, -0.1) is 0 Å². The van der Waals surface area contributed by atoms with Gasteiger partial charge in [0.25, 0.3) is 0 Å². The van der Waals surface area contributed by atoms with Crippen LogP contribution in [-0.4, -0.2) is 42.8 Å². The van der Waals surface area contributed by atoms with Crippen LogP contribution in [0, 0.1) is 5.41 Å². The molecule has 0 radical (unpaired) electrons. The lowest BCUT2D eigenvalue weighted by molar-refractivity contribution is -0.140. The highest BCUT2D eigenvalue weighted by molar-refractivity contribution is 4.91. The molecule has 0 aromatic rings. The molecule has 18 heavy (non-hydrogen) atoms. The van der Waals surface area contributed by atoms with Gasteiger partial charge >= 0.3 is 6.18 Å². The highest BCUT2D eigenvalue weighted by atomic mass is 19.4. The molecular formula is C13H25F3N2. The Labute approximate surface area is 108 Å². The SMILES string of the molecule is CCC1CNC(C(C)(C)C)CN1CCC(F)(F)F. The number of nitrogens with zero attached hydrogens (tertiary/aromatic N) is 1. The lowest BCUT2D eigenvalue weighted by atomic mass is 9.84. The number of piperazine rings is 1. The van der Waals surface area contributed by atoms with E-state index in [1.165, 1.54) is 0 Å². The maximum absolute atomic E-state index is 12.3. The molecule has 5 heteroatoms. The smallest absolute Gasteiger partial charge is 0.311 e. The molecule has 1 N–H and O–H groups in total. The molecule has 2 atom stereocenters. The van der Waals surface area contributed by atoms with E-state index in [1.807, 2.05) is 11.8 Å². The molecule has 1 fully saturated rings. The van der Waals surface area contributed by atoms with Gasteiger partial charge in [0.05, 0.1) is 6.42 Å². The van der Waals surface area contributed by atoms with Gasteiger partial charge in [-0.2, -0.15) is 13.2 Å². The van der Waals surface area contributed by atoms with E-state index < -0.39 is 12.6 Å². The van der Waals surface area contributed by atoms with Crippen LogP contribution in [0.2, 0.25) is 0 Å². The summed E-state index contributed by atoms with van der Waals surface area (Å²) in [6.45, 7) is 10.0. The van der Waals surface area contributed by atoms with Gasteiger partial charge in [-0.3, -0.25) is 4.90 Å². The first-order chi connectivity index (χ1) is 8.13. The van der Waals surface area contributed by atoms with E-state index in [1.54, 1.807) is 0 Å². The molecule has 0 amide bonds. The Bertz CT molecular complexity index is 258. The molecule has 1 heterocycles. The topological polar surface area (TPSA) is 15.3 Å². The van der Waals surface area contributed by atoms with Crippen molar-refractivity contribution in [2.75, 3.05) is 19.6 Å². The second-order valence-corrected chi connectivity index (χ2v) is 6.25. The van der Waals surface area contributed by atoms with Crippen molar-refractivity contribution in [3.8, 4) is 0 Å². The van der Waals surface area contributed by atoms with Crippen molar-refractivity contribution in [2.24, 2.45) is 5.41 Å². The van der Waals surface area contributed by atoms with Crippen molar-refractivity contribution in [3.63, 3.8) is 0 Å².